The Morgan fingerprint density at radius 2 is 1.60 bits per heavy atom. The Hall–Kier alpha value is -4.25. The summed E-state index contributed by atoms with van der Waals surface area (Å²) in [6.45, 7) is 12.3. The Balaban J connectivity index is 1.82. The number of carbonyl (C=O) groups is 1. The molecule has 0 spiro atoms. The third-order valence-electron chi connectivity index (χ3n) is 6.53. The van der Waals surface area contributed by atoms with E-state index >= 15 is 0 Å². The van der Waals surface area contributed by atoms with Crippen LogP contribution in [0, 0.1) is 5.41 Å². The third-order valence-corrected chi connectivity index (χ3v) is 8.26. The zero-order valence-electron chi connectivity index (χ0n) is 24.9. The second kappa shape index (κ2) is 11.6. The van der Waals surface area contributed by atoms with Crippen molar-refractivity contribution >= 4 is 32.8 Å². The highest BCUT2D eigenvalue weighted by Gasteiger charge is 2.35. The van der Waals surface area contributed by atoms with Gasteiger partial charge in [0, 0.05) is 23.4 Å². The number of aromatic nitrogens is 2. The molecule has 0 radical (unpaired) electrons. The van der Waals surface area contributed by atoms with Crippen LogP contribution in [0.2, 0.25) is 0 Å². The van der Waals surface area contributed by atoms with Crippen LogP contribution in [0.4, 0.5) is 10.5 Å². The number of nitrogens with one attached hydrogen (secondary N) is 1. The predicted molar refractivity (Wildman–Crippen MR) is 162 cm³/mol. The predicted octanol–water partition coefficient (Wildman–Crippen LogP) is 6.23. The topological polar surface area (TPSA) is 118 Å². The Bertz CT molecular complexity index is 1770. The standard InChI is InChI=1S/C31H37N3O7S/c1-8-40-23-15-16-24-25(19-23)33(31(5,6)20-30(2,3)4)29(36)34(24)42(37,38)27-17-14-21(18-26(27)39-7)32-28(35)41-22-12-10-9-11-13-22/h9-19H,8,20H2,1-7H3,(H,32,35). The SMILES string of the molecule is CCOc1ccc2c(c1)n(C(C)(C)CC(C)(C)C)c(=O)n2S(=O)(=O)c1ccc(NC(=O)Oc2ccccc2)cc1OC. The Labute approximate surface area is 245 Å². The van der Waals surface area contributed by atoms with Gasteiger partial charge in [0.05, 0.1) is 24.8 Å². The number of hydrogen-bond acceptors (Lipinski definition) is 7. The normalized spacial score (nSPS) is 12.3. The maximum atomic E-state index is 14.2. The van der Waals surface area contributed by atoms with Gasteiger partial charge in [-0.05, 0) is 69.0 Å². The number of fused-ring (bicyclic) bond motifs is 1. The molecule has 4 aromatic rings. The van der Waals surface area contributed by atoms with Gasteiger partial charge in [0.15, 0.2) is 0 Å². The van der Waals surface area contributed by atoms with Gasteiger partial charge in [-0.25, -0.2) is 18.0 Å². The molecule has 224 valence electrons. The van der Waals surface area contributed by atoms with Gasteiger partial charge in [-0.2, -0.15) is 3.97 Å². The second-order valence-corrected chi connectivity index (χ2v) is 13.5. The summed E-state index contributed by atoms with van der Waals surface area (Å²) in [7, 11) is -3.15. The number of methoxy groups -OCH3 is 1. The smallest absolute Gasteiger partial charge is 0.417 e. The first-order valence-corrected chi connectivity index (χ1v) is 15.0. The Morgan fingerprint density at radius 3 is 2.21 bits per heavy atom. The van der Waals surface area contributed by atoms with E-state index in [0.29, 0.717) is 30.0 Å². The van der Waals surface area contributed by atoms with E-state index in [9.17, 15) is 18.0 Å². The molecule has 0 atom stereocenters. The number of para-hydroxylation sites is 1. The lowest BCUT2D eigenvalue weighted by Gasteiger charge is -2.33. The van der Waals surface area contributed by atoms with Crippen molar-refractivity contribution in [3.8, 4) is 17.2 Å². The van der Waals surface area contributed by atoms with Gasteiger partial charge in [0.1, 0.15) is 22.1 Å². The number of nitrogens with zero attached hydrogens (tertiary/aromatic N) is 2. The molecule has 1 N–H and O–H groups in total. The molecule has 0 bridgehead atoms. The summed E-state index contributed by atoms with van der Waals surface area (Å²) in [6.07, 6.45) is -0.162. The Morgan fingerprint density at radius 1 is 0.905 bits per heavy atom. The first-order valence-electron chi connectivity index (χ1n) is 13.6. The summed E-state index contributed by atoms with van der Waals surface area (Å²) in [6, 6.07) is 17.5. The van der Waals surface area contributed by atoms with Crippen LogP contribution >= 0.6 is 0 Å². The average molecular weight is 596 g/mol. The van der Waals surface area contributed by atoms with E-state index in [1.54, 1.807) is 48.5 Å². The highest BCUT2D eigenvalue weighted by Crippen LogP contribution is 2.36. The van der Waals surface area contributed by atoms with Crippen molar-refractivity contribution in [2.24, 2.45) is 5.41 Å². The van der Waals surface area contributed by atoms with Gasteiger partial charge >= 0.3 is 11.8 Å². The van der Waals surface area contributed by atoms with Gasteiger partial charge in [-0.15, -0.1) is 0 Å². The second-order valence-electron chi connectivity index (χ2n) is 11.7. The van der Waals surface area contributed by atoms with Crippen molar-refractivity contribution in [1.82, 2.24) is 8.54 Å². The van der Waals surface area contributed by atoms with Gasteiger partial charge < -0.3 is 14.2 Å². The van der Waals surface area contributed by atoms with E-state index in [1.165, 1.54) is 29.9 Å². The largest absolute Gasteiger partial charge is 0.495 e. The summed E-state index contributed by atoms with van der Waals surface area (Å²) < 4.78 is 47.1. The van der Waals surface area contributed by atoms with Crippen molar-refractivity contribution < 1.29 is 27.4 Å². The molecule has 0 aliphatic heterocycles. The fourth-order valence-electron chi connectivity index (χ4n) is 5.40. The summed E-state index contributed by atoms with van der Waals surface area (Å²) >= 11 is 0. The molecule has 1 heterocycles. The molecule has 4 rings (SSSR count). The molecule has 0 fully saturated rings. The van der Waals surface area contributed by atoms with Crippen molar-refractivity contribution in [2.75, 3.05) is 19.0 Å². The molecule has 0 saturated heterocycles. The van der Waals surface area contributed by atoms with E-state index in [2.05, 4.69) is 26.1 Å². The van der Waals surface area contributed by atoms with Crippen molar-refractivity contribution in [3.63, 3.8) is 0 Å². The van der Waals surface area contributed by atoms with Crippen LogP contribution in [0.5, 0.6) is 17.2 Å². The molecule has 0 unspecified atom stereocenters. The maximum Gasteiger partial charge on any atom is 0.417 e. The molecule has 1 aromatic heterocycles. The average Bonchev–Trinajstić information content (AvgIpc) is 3.20. The number of imidazole rings is 1. The maximum absolute atomic E-state index is 14.2. The van der Waals surface area contributed by atoms with Crippen molar-refractivity contribution in [3.05, 3.63) is 77.2 Å². The summed E-state index contributed by atoms with van der Waals surface area (Å²) in [5.74, 6) is 0.814. The van der Waals surface area contributed by atoms with Gasteiger partial charge in [0.2, 0.25) is 0 Å². The molecule has 10 nitrogen and oxygen atoms in total. The first-order chi connectivity index (χ1) is 19.7. The van der Waals surface area contributed by atoms with Crippen molar-refractivity contribution in [1.29, 1.82) is 0 Å². The van der Waals surface area contributed by atoms with Crippen LogP contribution in [0.15, 0.2) is 76.4 Å². The number of carbonyl (C=O) groups excluding carboxylic acids is 1. The van der Waals surface area contributed by atoms with Gasteiger partial charge in [0.25, 0.3) is 10.0 Å². The van der Waals surface area contributed by atoms with Crippen LogP contribution in [0.25, 0.3) is 11.0 Å². The van der Waals surface area contributed by atoms with Crippen LogP contribution in [0.1, 0.15) is 48.0 Å². The number of rotatable bonds is 9. The quantitative estimate of drug-likeness (QED) is 0.244. The zero-order valence-corrected chi connectivity index (χ0v) is 25.7. The monoisotopic (exact) mass is 595 g/mol. The molecule has 42 heavy (non-hydrogen) atoms. The third kappa shape index (κ3) is 6.30. The number of ether oxygens (including phenoxy) is 3. The number of amides is 1. The zero-order chi connectivity index (χ0) is 30.9. The minimum absolute atomic E-state index is 0.0554. The summed E-state index contributed by atoms with van der Waals surface area (Å²) in [5.41, 5.74) is -0.707. The van der Waals surface area contributed by atoms with E-state index in [1.807, 2.05) is 20.8 Å². The fraction of sp³-hybridized carbons (Fsp3) is 0.355. The molecule has 0 aliphatic carbocycles. The lowest BCUT2D eigenvalue weighted by molar-refractivity contribution is 0.214. The van der Waals surface area contributed by atoms with Crippen LogP contribution in [-0.2, 0) is 15.6 Å². The minimum atomic E-state index is -4.47. The molecule has 11 heteroatoms. The fourth-order valence-corrected chi connectivity index (χ4v) is 6.93. The number of benzene rings is 3. The van der Waals surface area contributed by atoms with E-state index < -0.39 is 27.3 Å². The van der Waals surface area contributed by atoms with Crippen LogP contribution in [-0.4, -0.2) is 36.8 Å². The molecular formula is C31H37N3O7S. The Kier molecular flexibility index (Phi) is 8.45. The molecule has 1 amide bonds. The van der Waals surface area contributed by atoms with E-state index in [-0.39, 0.29) is 27.3 Å². The highest BCUT2D eigenvalue weighted by molar-refractivity contribution is 7.90. The van der Waals surface area contributed by atoms with Crippen molar-refractivity contribution in [2.45, 2.75) is 58.4 Å². The van der Waals surface area contributed by atoms with Gasteiger partial charge in [-0.1, -0.05) is 39.0 Å². The van der Waals surface area contributed by atoms with E-state index in [4.69, 9.17) is 14.2 Å². The molecular weight excluding hydrogens is 558 g/mol. The number of anilines is 1. The van der Waals surface area contributed by atoms with E-state index in [0.717, 1.165) is 3.97 Å². The van der Waals surface area contributed by atoms with Gasteiger partial charge in [-0.3, -0.25) is 9.88 Å². The summed E-state index contributed by atoms with van der Waals surface area (Å²) in [4.78, 5) is 26.2. The highest BCUT2D eigenvalue weighted by atomic mass is 32.2. The lowest BCUT2D eigenvalue weighted by atomic mass is 9.81. The number of hydrogen-bond donors (Lipinski definition) is 1. The molecule has 0 saturated carbocycles. The van der Waals surface area contributed by atoms with Crippen LogP contribution < -0.4 is 25.2 Å². The summed E-state index contributed by atoms with van der Waals surface area (Å²) in [5, 5.41) is 2.57. The molecule has 0 aliphatic rings. The first kappa shape index (κ1) is 30.7. The minimum Gasteiger partial charge on any atom is -0.495 e. The lowest BCUT2D eigenvalue weighted by Crippen LogP contribution is -2.40. The van der Waals surface area contributed by atoms with Crippen LogP contribution in [0.3, 0.4) is 0 Å². The molecule has 3 aromatic carbocycles.